The van der Waals surface area contributed by atoms with Crippen molar-refractivity contribution >= 4 is 39.9 Å². The summed E-state index contributed by atoms with van der Waals surface area (Å²) in [5.41, 5.74) is 6.68. The zero-order chi connectivity index (χ0) is 13.6. The Kier molecular flexibility index (Phi) is 4.36. The number of amides is 1. The highest BCUT2D eigenvalue weighted by molar-refractivity contribution is 7.20. The summed E-state index contributed by atoms with van der Waals surface area (Å²) in [7, 11) is 1.90. The van der Waals surface area contributed by atoms with Crippen LogP contribution in [-0.2, 0) is 7.05 Å². The van der Waals surface area contributed by atoms with Crippen molar-refractivity contribution in [2.75, 3.05) is 6.54 Å². The number of carbonyl (C=O) groups is 1. The van der Waals surface area contributed by atoms with Gasteiger partial charge in [0.15, 0.2) is 0 Å². The van der Waals surface area contributed by atoms with Gasteiger partial charge in [0.1, 0.15) is 4.83 Å². The number of thiophene rings is 1. The summed E-state index contributed by atoms with van der Waals surface area (Å²) in [5, 5.41) is 8.46. The maximum absolute atomic E-state index is 12.3. The highest BCUT2D eigenvalue weighted by atomic mass is 35.5. The molecule has 110 valence electrons. The normalized spacial score (nSPS) is 15.9. The van der Waals surface area contributed by atoms with Crippen molar-refractivity contribution in [1.82, 2.24) is 15.1 Å². The van der Waals surface area contributed by atoms with Gasteiger partial charge in [-0.15, -0.1) is 23.7 Å². The van der Waals surface area contributed by atoms with Gasteiger partial charge in [-0.05, 0) is 31.7 Å². The lowest BCUT2D eigenvalue weighted by atomic mass is 10.2. The Labute approximate surface area is 127 Å². The van der Waals surface area contributed by atoms with E-state index in [4.69, 9.17) is 5.73 Å². The Morgan fingerprint density at radius 1 is 1.65 bits per heavy atom. The van der Waals surface area contributed by atoms with Gasteiger partial charge in [-0.25, -0.2) is 0 Å². The lowest BCUT2D eigenvalue weighted by Gasteiger charge is -2.14. The maximum atomic E-state index is 12.3. The zero-order valence-corrected chi connectivity index (χ0v) is 13.2. The van der Waals surface area contributed by atoms with Crippen LogP contribution < -0.4 is 11.1 Å². The first-order valence-corrected chi connectivity index (χ1v) is 7.36. The van der Waals surface area contributed by atoms with Crippen molar-refractivity contribution in [3.8, 4) is 0 Å². The number of nitrogens with one attached hydrogen (secondary N) is 1. The zero-order valence-electron chi connectivity index (χ0n) is 11.5. The van der Waals surface area contributed by atoms with Crippen molar-refractivity contribution < 1.29 is 4.79 Å². The van der Waals surface area contributed by atoms with Gasteiger partial charge in [-0.1, -0.05) is 0 Å². The van der Waals surface area contributed by atoms with E-state index in [1.165, 1.54) is 24.2 Å². The average Bonchev–Trinajstić information content (AvgIpc) is 3.05. The first kappa shape index (κ1) is 15.3. The molecular formula is C13H19ClN4OS. The van der Waals surface area contributed by atoms with Crippen LogP contribution in [0.15, 0.2) is 6.07 Å². The second-order valence-corrected chi connectivity index (χ2v) is 6.22. The number of hydrogen-bond donors (Lipinski definition) is 2. The van der Waals surface area contributed by atoms with Crippen molar-refractivity contribution in [2.45, 2.75) is 25.8 Å². The summed E-state index contributed by atoms with van der Waals surface area (Å²) in [5.74, 6) is 0.565. The minimum Gasteiger partial charge on any atom is -0.347 e. The number of nitrogens with two attached hydrogens (primary N) is 1. The van der Waals surface area contributed by atoms with Gasteiger partial charge in [0.2, 0.25) is 0 Å². The smallest absolute Gasteiger partial charge is 0.261 e. The highest BCUT2D eigenvalue weighted by Gasteiger charge is 2.31. The quantitative estimate of drug-likeness (QED) is 0.904. The number of fused-ring (bicyclic) bond motifs is 1. The fourth-order valence-electron chi connectivity index (χ4n) is 2.42. The topological polar surface area (TPSA) is 72.9 Å². The molecule has 3 rings (SSSR count). The molecule has 2 aromatic rings. The molecule has 3 N–H and O–H groups in total. The maximum Gasteiger partial charge on any atom is 0.261 e. The van der Waals surface area contributed by atoms with Crippen LogP contribution in [0, 0.1) is 12.8 Å². The van der Waals surface area contributed by atoms with Crippen molar-refractivity contribution in [2.24, 2.45) is 18.7 Å². The third kappa shape index (κ3) is 2.68. The van der Waals surface area contributed by atoms with Gasteiger partial charge < -0.3 is 11.1 Å². The fourth-order valence-corrected chi connectivity index (χ4v) is 3.45. The number of aryl methyl sites for hydroxylation is 2. The molecule has 0 bridgehead atoms. The molecule has 1 aliphatic rings. The molecule has 0 spiro atoms. The minimum atomic E-state index is -0.0112. The Bertz CT molecular complexity index is 597. The standard InChI is InChI=1S/C13H18N4OS.ClH/c1-7-9-5-11(19-13(9)17(2)16-7)12(18)15-10(6-14)8-3-4-8;/h5,8,10H,3-4,6,14H2,1-2H3,(H,15,18);1H. The van der Waals surface area contributed by atoms with Crippen LogP contribution >= 0.6 is 23.7 Å². The van der Waals surface area contributed by atoms with Crippen LogP contribution in [0.4, 0.5) is 0 Å². The third-order valence-electron chi connectivity index (χ3n) is 3.68. The Hall–Kier alpha value is -1.11. The van der Waals surface area contributed by atoms with Crippen LogP contribution in [0.2, 0.25) is 0 Å². The van der Waals surface area contributed by atoms with Crippen LogP contribution in [0.3, 0.4) is 0 Å². The van der Waals surface area contributed by atoms with E-state index < -0.39 is 0 Å². The number of nitrogens with zero attached hydrogens (tertiary/aromatic N) is 2. The van der Waals surface area contributed by atoms with E-state index in [2.05, 4.69) is 10.4 Å². The largest absolute Gasteiger partial charge is 0.347 e. The molecule has 1 saturated carbocycles. The number of carbonyl (C=O) groups excluding carboxylic acids is 1. The number of hydrogen-bond acceptors (Lipinski definition) is 4. The third-order valence-corrected chi connectivity index (χ3v) is 4.88. The highest BCUT2D eigenvalue weighted by Crippen LogP contribution is 2.33. The molecule has 0 aliphatic heterocycles. The van der Waals surface area contributed by atoms with Crippen LogP contribution in [0.1, 0.15) is 28.2 Å². The van der Waals surface area contributed by atoms with E-state index >= 15 is 0 Å². The second kappa shape index (κ2) is 5.71. The molecule has 2 aromatic heterocycles. The SMILES string of the molecule is Cc1nn(C)c2sc(C(=O)NC(CN)C3CC3)cc12.Cl. The summed E-state index contributed by atoms with van der Waals surface area (Å²) in [6.45, 7) is 2.48. The van der Waals surface area contributed by atoms with Crippen LogP contribution in [-0.4, -0.2) is 28.3 Å². The van der Waals surface area contributed by atoms with Gasteiger partial charge in [-0.2, -0.15) is 5.10 Å². The molecule has 1 aliphatic carbocycles. The van der Waals surface area contributed by atoms with Crippen LogP contribution in [0.5, 0.6) is 0 Å². The predicted molar refractivity (Wildman–Crippen MR) is 83.6 cm³/mol. The molecule has 7 heteroatoms. The summed E-state index contributed by atoms with van der Waals surface area (Å²) < 4.78 is 1.83. The van der Waals surface area contributed by atoms with E-state index in [0.717, 1.165) is 20.8 Å². The Morgan fingerprint density at radius 3 is 2.90 bits per heavy atom. The second-order valence-electron chi connectivity index (χ2n) is 5.19. The van der Waals surface area contributed by atoms with Crippen molar-refractivity contribution in [3.63, 3.8) is 0 Å². The van der Waals surface area contributed by atoms with E-state index in [0.29, 0.717) is 12.5 Å². The molecule has 1 fully saturated rings. The Balaban J connectivity index is 0.00000147. The summed E-state index contributed by atoms with van der Waals surface area (Å²) >= 11 is 1.49. The van der Waals surface area contributed by atoms with Gasteiger partial charge in [0.05, 0.1) is 10.6 Å². The van der Waals surface area contributed by atoms with E-state index in [1.807, 2.05) is 24.7 Å². The molecule has 0 saturated heterocycles. The van der Waals surface area contributed by atoms with Gasteiger partial charge in [0, 0.05) is 25.0 Å². The van der Waals surface area contributed by atoms with Crippen LogP contribution in [0.25, 0.3) is 10.2 Å². The van der Waals surface area contributed by atoms with Crippen molar-refractivity contribution in [3.05, 3.63) is 16.6 Å². The first-order chi connectivity index (χ1) is 9.10. The van der Waals surface area contributed by atoms with E-state index in [9.17, 15) is 4.79 Å². The molecule has 1 atom stereocenters. The molecule has 0 radical (unpaired) electrons. The lowest BCUT2D eigenvalue weighted by Crippen LogP contribution is -2.41. The lowest BCUT2D eigenvalue weighted by molar-refractivity contribution is 0.0937. The number of halogens is 1. The van der Waals surface area contributed by atoms with Gasteiger partial charge in [-0.3, -0.25) is 9.48 Å². The average molecular weight is 315 g/mol. The fraction of sp³-hybridized carbons (Fsp3) is 0.538. The molecule has 2 heterocycles. The summed E-state index contributed by atoms with van der Waals surface area (Å²) in [4.78, 5) is 14.0. The molecule has 5 nitrogen and oxygen atoms in total. The van der Waals surface area contributed by atoms with Gasteiger partial charge in [0.25, 0.3) is 5.91 Å². The Morgan fingerprint density at radius 2 is 2.35 bits per heavy atom. The van der Waals surface area contributed by atoms with E-state index in [-0.39, 0.29) is 24.4 Å². The number of rotatable bonds is 4. The molecule has 20 heavy (non-hydrogen) atoms. The minimum absolute atomic E-state index is 0. The molecule has 0 aromatic carbocycles. The predicted octanol–water partition coefficient (Wildman–Crippen LogP) is 1.83. The molecule has 1 unspecified atom stereocenters. The summed E-state index contributed by atoms with van der Waals surface area (Å²) in [6, 6.07) is 2.05. The number of aromatic nitrogens is 2. The molecule has 1 amide bonds. The summed E-state index contributed by atoms with van der Waals surface area (Å²) in [6.07, 6.45) is 2.36. The van der Waals surface area contributed by atoms with Crippen molar-refractivity contribution in [1.29, 1.82) is 0 Å². The first-order valence-electron chi connectivity index (χ1n) is 6.54. The van der Waals surface area contributed by atoms with E-state index in [1.54, 1.807) is 0 Å². The molecular weight excluding hydrogens is 296 g/mol. The monoisotopic (exact) mass is 314 g/mol. The van der Waals surface area contributed by atoms with Gasteiger partial charge >= 0.3 is 0 Å².